The fraction of sp³-hybridized carbons (Fsp3) is 0.0909. The summed E-state index contributed by atoms with van der Waals surface area (Å²) in [5.41, 5.74) is 8.53. The molecule has 2 aromatic heterocycles. The predicted octanol–water partition coefficient (Wildman–Crippen LogP) is 2.84. The Labute approximate surface area is 95.7 Å². The van der Waals surface area contributed by atoms with Crippen LogP contribution < -0.4 is 5.73 Å². The van der Waals surface area contributed by atoms with Crippen molar-refractivity contribution in [2.75, 3.05) is 5.73 Å². The van der Waals surface area contributed by atoms with E-state index < -0.39 is 0 Å². The fourth-order valence-electron chi connectivity index (χ4n) is 1.67. The predicted molar refractivity (Wildman–Crippen MR) is 64.3 cm³/mol. The summed E-state index contributed by atoms with van der Waals surface area (Å²) < 4.78 is 6.00. The summed E-state index contributed by atoms with van der Waals surface area (Å²) in [6, 6.07) is 6.02. The van der Waals surface area contributed by atoms with Crippen LogP contribution in [0.2, 0.25) is 0 Å². The Bertz CT molecular complexity index is 656. The molecule has 0 aliphatic carbocycles. The van der Waals surface area contributed by atoms with E-state index in [4.69, 9.17) is 10.3 Å². The van der Waals surface area contributed by atoms with Crippen LogP contribution in [0.15, 0.2) is 28.9 Å². The SMILES string of the molecule is Cc1nc2ccc(-c3cnoc3N)cc2s1. The second-order valence-corrected chi connectivity index (χ2v) is 4.75. The average Bonchev–Trinajstić information content (AvgIpc) is 2.81. The zero-order chi connectivity index (χ0) is 11.1. The minimum absolute atomic E-state index is 0.348. The number of nitrogen functional groups attached to an aromatic ring is 1. The van der Waals surface area contributed by atoms with Crippen LogP contribution in [0.5, 0.6) is 0 Å². The Hall–Kier alpha value is -1.88. The Balaban J connectivity index is 2.22. The van der Waals surface area contributed by atoms with Gasteiger partial charge >= 0.3 is 0 Å². The molecule has 5 heteroatoms. The smallest absolute Gasteiger partial charge is 0.229 e. The highest BCUT2D eigenvalue weighted by Crippen LogP contribution is 2.30. The number of rotatable bonds is 1. The summed E-state index contributed by atoms with van der Waals surface area (Å²) in [5, 5.41) is 4.73. The first-order valence-corrected chi connectivity index (χ1v) is 5.63. The molecule has 4 nitrogen and oxygen atoms in total. The van der Waals surface area contributed by atoms with Crippen molar-refractivity contribution in [3.8, 4) is 11.1 Å². The van der Waals surface area contributed by atoms with Crippen LogP contribution in [0.1, 0.15) is 5.01 Å². The lowest BCUT2D eigenvalue weighted by atomic mass is 10.1. The minimum Gasteiger partial charge on any atom is -0.367 e. The third-order valence-corrected chi connectivity index (χ3v) is 3.34. The van der Waals surface area contributed by atoms with Crippen molar-refractivity contribution < 1.29 is 4.52 Å². The molecule has 16 heavy (non-hydrogen) atoms. The van der Waals surface area contributed by atoms with E-state index in [2.05, 4.69) is 16.2 Å². The number of benzene rings is 1. The number of aromatic nitrogens is 2. The Morgan fingerprint density at radius 2 is 2.25 bits per heavy atom. The molecule has 0 saturated heterocycles. The van der Waals surface area contributed by atoms with Crippen molar-refractivity contribution in [3.05, 3.63) is 29.4 Å². The summed E-state index contributed by atoms with van der Waals surface area (Å²) in [4.78, 5) is 4.41. The number of nitrogens with zero attached hydrogens (tertiary/aromatic N) is 2. The molecule has 1 aromatic carbocycles. The maximum atomic E-state index is 5.68. The molecule has 3 aromatic rings. The van der Waals surface area contributed by atoms with Crippen molar-refractivity contribution >= 4 is 27.4 Å². The van der Waals surface area contributed by atoms with E-state index in [1.165, 1.54) is 0 Å². The van der Waals surface area contributed by atoms with E-state index in [0.717, 1.165) is 26.4 Å². The van der Waals surface area contributed by atoms with Crippen molar-refractivity contribution in [1.29, 1.82) is 0 Å². The lowest BCUT2D eigenvalue weighted by Crippen LogP contribution is -1.84. The maximum Gasteiger partial charge on any atom is 0.229 e. The number of nitrogens with two attached hydrogens (primary N) is 1. The first kappa shape index (κ1) is 9.35. The largest absolute Gasteiger partial charge is 0.367 e. The summed E-state index contributed by atoms with van der Waals surface area (Å²) in [5.74, 6) is 0.348. The highest BCUT2D eigenvalue weighted by Gasteiger charge is 2.08. The normalized spacial score (nSPS) is 11.1. The third kappa shape index (κ3) is 1.37. The molecule has 0 atom stereocenters. The molecule has 0 unspecified atom stereocenters. The number of thiazole rings is 1. The third-order valence-electron chi connectivity index (χ3n) is 2.40. The van der Waals surface area contributed by atoms with Crippen molar-refractivity contribution in [3.63, 3.8) is 0 Å². The zero-order valence-corrected chi connectivity index (χ0v) is 9.41. The second kappa shape index (κ2) is 3.31. The Morgan fingerprint density at radius 3 is 3.00 bits per heavy atom. The van der Waals surface area contributed by atoms with Crippen LogP contribution in [-0.4, -0.2) is 10.1 Å². The zero-order valence-electron chi connectivity index (χ0n) is 8.60. The van der Waals surface area contributed by atoms with E-state index in [1.807, 2.05) is 19.1 Å². The van der Waals surface area contributed by atoms with Gasteiger partial charge in [0.05, 0.1) is 27.0 Å². The van der Waals surface area contributed by atoms with Crippen molar-refractivity contribution in [2.24, 2.45) is 0 Å². The van der Waals surface area contributed by atoms with Gasteiger partial charge in [0, 0.05) is 0 Å². The van der Waals surface area contributed by atoms with E-state index in [0.29, 0.717) is 5.88 Å². The van der Waals surface area contributed by atoms with Gasteiger partial charge in [-0.25, -0.2) is 4.98 Å². The molecule has 0 saturated carbocycles. The van der Waals surface area contributed by atoms with Gasteiger partial charge < -0.3 is 10.3 Å². The Morgan fingerprint density at radius 1 is 1.38 bits per heavy atom. The van der Waals surface area contributed by atoms with Gasteiger partial charge in [0.15, 0.2) is 0 Å². The Kier molecular flexibility index (Phi) is 1.94. The molecular formula is C11H9N3OS. The molecule has 0 aliphatic heterocycles. The van der Waals surface area contributed by atoms with Gasteiger partial charge in [0.1, 0.15) is 0 Å². The number of hydrogen-bond donors (Lipinski definition) is 1. The molecule has 2 heterocycles. The van der Waals surface area contributed by atoms with Gasteiger partial charge in [-0.05, 0) is 24.6 Å². The quantitative estimate of drug-likeness (QED) is 0.699. The standard InChI is InChI=1S/C11H9N3OS/c1-6-14-9-3-2-7(4-10(9)16-6)8-5-13-15-11(8)12/h2-5H,12H2,1H3. The highest BCUT2D eigenvalue weighted by atomic mass is 32.1. The first-order chi connectivity index (χ1) is 7.74. The summed E-state index contributed by atoms with van der Waals surface area (Å²) >= 11 is 1.67. The highest BCUT2D eigenvalue weighted by molar-refractivity contribution is 7.18. The minimum atomic E-state index is 0.348. The van der Waals surface area contributed by atoms with Crippen LogP contribution in [0.25, 0.3) is 21.3 Å². The average molecular weight is 231 g/mol. The summed E-state index contributed by atoms with van der Waals surface area (Å²) in [6.07, 6.45) is 1.63. The lowest BCUT2D eigenvalue weighted by molar-refractivity contribution is 0.436. The first-order valence-electron chi connectivity index (χ1n) is 4.82. The van der Waals surface area contributed by atoms with Gasteiger partial charge in [0.25, 0.3) is 0 Å². The van der Waals surface area contributed by atoms with Gasteiger partial charge in [-0.15, -0.1) is 11.3 Å². The molecular weight excluding hydrogens is 222 g/mol. The molecule has 0 aliphatic rings. The molecule has 0 radical (unpaired) electrons. The molecule has 2 N–H and O–H groups in total. The molecule has 80 valence electrons. The van der Waals surface area contributed by atoms with Crippen LogP contribution in [0, 0.1) is 6.92 Å². The number of fused-ring (bicyclic) bond motifs is 1. The molecule has 0 fully saturated rings. The topological polar surface area (TPSA) is 64.9 Å². The molecule has 0 spiro atoms. The molecule has 3 rings (SSSR count). The van der Waals surface area contributed by atoms with Crippen molar-refractivity contribution in [2.45, 2.75) is 6.92 Å². The van der Waals surface area contributed by atoms with Crippen LogP contribution >= 0.6 is 11.3 Å². The van der Waals surface area contributed by atoms with Crippen LogP contribution in [-0.2, 0) is 0 Å². The fourth-order valence-corrected chi connectivity index (χ4v) is 2.54. The van der Waals surface area contributed by atoms with E-state index in [-0.39, 0.29) is 0 Å². The number of anilines is 1. The monoisotopic (exact) mass is 231 g/mol. The molecule has 0 amide bonds. The number of hydrogen-bond acceptors (Lipinski definition) is 5. The van der Waals surface area contributed by atoms with Crippen molar-refractivity contribution in [1.82, 2.24) is 10.1 Å². The van der Waals surface area contributed by atoms with Crippen LogP contribution in [0.3, 0.4) is 0 Å². The van der Waals surface area contributed by atoms with Gasteiger partial charge in [0.2, 0.25) is 5.88 Å². The van der Waals surface area contributed by atoms with E-state index in [1.54, 1.807) is 17.5 Å². The number of aryl methyl sites for hydroxylation is 1. The summed E-state index contributed by atoms with van der Waals surface area (Å²) in [7, 11) is 0. The molecule has 0 bridgehead atoms. The maximum absolute atomic E-state index is 5.68. The lowest BCUT2D eigenvalue weighted by Gasteiger charge is -1.96. The summed E-state index contributed by atoms with van der Waals surface area (Å²) in [6.45, 7) is 2.00. The van der Waals surface area contributed by atoms with Gasteiger partial charge in [-0.1, -0.05) is 11.2 Å². The van der Waals surface area contributed by atoms with Gasteiger partial charge in [-0.3, -0.25) is 0 Å². The van der Waals surface area contributed by atoms with Crippen LogP contribution in [0.4, 0.5) is 5.88 Å². The second-order valence-electron chi connectivity index (χ2n) is 3.52. The van der Waals surface area contributed by atoms with E-state index >= 15 is 0 Å². The van der Waals surface area contributed by atoms with Gasteiger partial charge in [-0.2, -0.15) is 0 Å². The van der Waals surface area contributed by atoms with E-state index in [9.17, 15) is 0 Å².